The Hall–Kier alpha value is -2.73. The Morgan fingerprint density at radius 1 is 1.11 bits per heavy atom. The van der Waals surface area contributed by atoms with Gasteiger partial charge in [-0.15, -0.1) is 0 Å². The molecule has 1 amide bonds. The van der Waals surface area contributed by atoms with E-state index in [9.17, 15) is 4.79 Å². The molecule has 3 heterocycles. The molecule has 2 N–H and O–H groups in total. The summed E-state index contributed by atoms with van der Waals surface area (Å²) in [5.74, 6) is 0.631. The van der Waals surface area contributed by atoms with Gasteiger partial charge >= 0.3 is 0 Å². The standard InChI is InChI=1S/C21H22N4OS/c22-18-19(17-6-10-23-11-7-17)24-27-20(18)21(26)25-12-8-16(9-13-25)14-15-4-2-1-3-5-15/h1-7,10-11,16H,8-9,12-14,22H2. The van der Waals surface area contributed by atoms with Gasteiger partial charge in [0.2, 0.25) is 0 Å². The Morgan fingerprint density at radius 3 is 2.52 bits per heavy atom. The lowest BCUT2D eigenvalue weighted by molar-refractivity contribution is 0.0696. The van der Waals surface area contributed by atoms with Gasteiger partial charge in [-0.1, -0.05) is 30.3 Å². The number of carbonyl (C=O) groups excluding carboxylic acids is 1. The molecule has 3 aromatic rings. The molecule has 0 atom stereocenters. The number of nitrogens with two attached hydrogens (primary N) is 1. The van der Waals surface area contributed by atoms with E-state index in [0.29, 0.717) is 22.2 Å². The van der Waals surface area contributed by atoms with Crippen LogP contribution in [0.2, 0.25) is 0 Å². The number of pyridine rings is 1. The molecule has 5 nitrogen and oxygen atoms in total. The Balaban J connectivity index is 1.41. The number of rotatable bonds is 4. The maximum atomic E-state index is 12.9. The predicted molar refractivity (Wildman–Crippen MR) is 109 cm³/mol. The van der Waals surface area contributed by atoms with Crippen molar-refractivity contribution in [3.8, 4) is 11.3 Å². The molecule has 1 fully saturated rings. The van der Waals surface area contributed by atoms with Gasteiger partial charge in [0.1, 0.15) is 10.6 Å². The highest BCUT2D eigenvalue weighted by atomic mass is 32.1. The fourth-order valence-electron chi connectivity index (χ4n) is 3.60. The van der Waals surface area contributed by atoms with Crippen molar-refractivity contribution in [2.75, 3.05) is 18.8 Å². The lowest BCUT2D eigenvalue weighted by atomic mass is 9.90. The van der Waals surface area contributed by atoms with Gasteiger partial charge in [0.15, 0.2) is 0 Å². The Morgan fingerprint density at radius 2 is 1.81 bits per heavy atom. The summed E-state index contributed by atoms with van der Waals surface area (Å²) in [5.41, 5.74) is 9.66. The number of hydrogen-bond donors (Lipinski definition) is 1. The monoisotopic (exact) mass is 378 g/mol. The fourth-order valence-corrected chi connectivity index (χ4v) is 4.39. The lowest BCUT2D eigenvalue weighted by Gasteiger charge is -2.31. The van der Waals surface area contributed by atoms with Gasteiger partial charge in [0, 0.05) is 31.0 Å². The third-order valence-corrected chi connectivity index (χ3v) is 6.00. The zero-order valence-corrected chi connectivity index (χ0v) is 15.9. The van der Waals surface area contributed by atoms with Crippen molar-refractivity contribution in [1.29, 1.82) is 0 Å². The van der Waals surface area contributed by atoms with E-state index in [1.807, 2.05) is 23.1 Å². The van der Waals surface area contributed by atoms with Crippen molar-refractivity contribution in [2.24, 2.45) is 5.92 Å². The highest BCUT2D eigenvalue weighted by Gasteiger charge is 2.27. The zero-order valence-electron chi connectivity index (χ0n) is 15.0. The molecule has 2 aromatic heterocycles. The number of aromatic nitrogens is 2. The third kappa shape index (κ3) is 3.85. The summed E-state index contributed by atoms with van der Waals surface area (Å²) in [6.45, 7) is 1.55. The van der Waals surface area contributed by atoms with E-state index in [4.69, 9.17) is 5.73 Å². The summed E-state index contributed by atoms with van der Waals surface area (Å²) >= 11 is 1.19. The summed E-state index contributed by atoms with van der Waals surface area (Å²) in [6.07, 6.45) is 6.53. The largest absolute Gasteiger partial charge is 0.396 e. The first-order valence-electron chi connectivity index (χ1n) is 9.21. The van der Waals surface area contributed by atoms with Crippen LogP contribution in [0.1, 0.15) is 28.1 Å². The van der Waals surface area contributed by atoms with Crippen molar-refractivity contribution in [2.45, 2.75) is 19.3 Å². The molecule has 1 aliphatic rings. The number of anilines is 1. The second kappa shape index (κ2) is 7.88. The number of benzene rings is 1. The number of carbonyl (C=O) groups is 1. The minimum Gasteiger partial charge on any atom is -0.396 e. The van der Waals surface area contributed by atoms with E-state index in [1.165, 1.54) is 17.1 Å². The summed E-state index contributed by atoms with van der Waals surface area (Å²) in [5, 5.41) is 0. The summed E-state index contributed by atoms with van der Waals surface area (Å²) < 4.78 is 4.41. The average Bonchev–Trinajstić information content (AvgIpc) is 3.11. The number of amides is 1. The van der Waals surface area contributed by atoms with Crippen molar-refractivity contribution in [3.05, 3.63) is 65.3 Å². The number of likely N-dealkylation sites (tertiary alicyclic amines) is 1. The normalized spacial score (nSPS) is 15.0. The number of nitrogen functional groups attached to an aromatic ring is 1. The van der Waals surface area contributed by atoms with Crippen molar-refractivity contribution in [1.82, 2.24) is 14.3 Å². The quantitative estimate of drug-likeness (QED) is 0.748. The molecule has 138 valence electrons. The second-order valence-electron chi connectivity index (χ2n) is 6.94. The number of piperidine rings is 1. The maximum Gasteiger partial charge on any atom is 0.267 e. The first-order valence-corrected chi connectivity index (χ1v) is 9.98. The zero-order chi connectivity index (χ0) is 18.6. The van der Waals surface area contributed by atoms with Crippen LogP contribution in [-0.4, -0.2) is 33.3 Å². The van der Waals surface area contributed by atoms with Crippen LogP contribution in [0.25, 0.3) is 11.3 Å². The molecule has 1 saturated heterocycles. The van der Waals surface area contributed by atoms with E-state index in [0.717, 1.165) is 37.9 Å². The van der Waals surface area contributed by atoms with Crippen LogP contribution in [0.15, 0.2) is 54.9 Å². The highest BCUT2D eigenvalue weighted by Crippen LogP contribution is 2.32. The fraction of sp³-hybridized carbons (Fsp3) is 0.286. The molecule has 4 rings (SSSR count). The molecule has 0 radical (unpaired) electrons. The van der Waals surface area contributed by atoms with Crippen LogP contribution in [0.3, 0.4) is 0 Å². The van der Waals surface area contributed by atoms with Crippen LogP contribution in [0, 0.1) is 5.92 Å². The highest BCUT2D eigenvalue weighted by molar-refractivity contribution is 7.09. The molecule has 1 aliphatic heterocycles. The van der Waals surface area contributed by atoms with Crippen molar-refractivity contribution < 1.29 is 4.79 Å². The van der Waals surface area contributed by atoms with Gasteiger partial charge in [-0.2, -0.15) is 4.37 Å². The van der Waals surface area contributed by atoms with Crippen LogP contribution in [-0.2, 0) is 6.42 Å². The molecule has 6 heteroatoms. The Kier molecular flexibility index (Phi) is 5.16. The molecule has 0 saturated carbocycles. The molecule has 0 bridgehead atoms. The van der Waals surface area contributed by atoms with Gasteiger partial charge in [-0.25, -0.2) is 0 Å². The van der Waals surface area contributed by atoms with E-state index in [1.54, 1.807) is 12.4 Å². The molecular formula is C21H22N4OS. The Labute approximate surface area is 163 Å². The molecule has 0 aliphatic carbocycles. The molecule has 1 aromatic carbocycles. The molecule has 27 heavy (non-hydrogen) atoms. The predicted octanol–water partition coefficient (Wildman–Crippen LogP) is 3.88. The van der Waals surface area contributed by atoms with Gasteiger partial charge in [0.05, 0.1) is 5.69 Å². The molecule has 0 spiro atoms. The van der Waals surface area contributed by atoms with E-state index >= 15 is 0 Å². The SMILES string of the molecule is Nc1c(-c2ccncc2)nsc1C(=O)N1CCC(Cc2ccccc2)CC1. The number of hydrogen-bond acceptors (Lipinski definition) is 5. The van der Waals surface area contributed by atoms with Crippen LogP contribution in [0.5, 0.6) is 0 Å². The van der Waals surface area contributed by atoms with Gasteiger partial charge < -0.3 is 10.6 Å². The summed E-state index contributed by atoms with van der Waals surface area (Å²) in [4.78, 5) is 19.4. The van der Waals surface area contributed by atoms with Gasteiger partial charge in [-0.05, 0) is 54.4 Å². The van der Waals surface area contributed by atoms with Gasteiger partial charge in [-0.3, -0.25) is 9.78 Å². The van der Waals surface area contributed by atoms with Crippen molar-refractivity contribution in [3.63, 3.8) is 0 Å². The summed E-state index contributed by atoms with van der Waals surface area (Å²) in [6, 6.07) is 14.3. The second-order valence-corrected chi connectivity index (χ2v) is 7.71. The van der Waals surface area contributed by atoms with Gasteiger partial charge in [0.25, 0.3) is 5.91 Å². The van der Waals surface area contributed by atoms with Crippen molar-refractivity contribution >= 4 is 23.1 Å². The average molecular weight is 379 g/mol. The number of nitrogens with zero attached hydrogens (tertiary/aromatic N) is 3. The Bertz CT molecular complexity index is 902. The lowest BCUT2D eigenvalue weighted by Crippen LogP contribution is -2.38. The minimum absolute atomic E-state index is 0.00321. The first-order chi connectivity index (χ1) is 13.2. The smallest absolute Gasteiger partial charge is 0.267 e. The minimum atomic E-state index is 0.00321. The van der Waals surface area contributed by atoms with Crippen LogP contribution in [0.4, 0.5) is 5.69 Å². The summed E-state index contributed by atoms with van der Waals surface area (Å²) in [7, 11) is 0. The topological polar surface area (TPSA) is 72.1 Å². The van der Waals surface area contributed by atoms with E-state index in [-0.39, 0.29) is 5.91 Å². The van der Waals surface area contributed by atoms with E-state index in [2.05, 4.69) is 33.6 Å². The van der Waals surface area contributed by atoms with Crippen LogP contribution < -0.4 is 5.73 Å². The maximum absolute atomic E-state index is 12.9. The third-order valence-electron chi connectivity index (χ3n) is 5.14. The van der Waals surface area contributed by atoms with E-state index < -0.39 is 0 Å². The molecular weight excluding hydrogens is 356 g/mol. The van der Waals surface area contributed by atoms with Crippen LogP contribution >= 0.6 is 11.5 Å². The first kappa shape index (κ1) is 17.7. The molecule has 0 unspecified atom stereocenters.